The standard InChI is InChI=1S/C19H28O2/c1-18-9-7-13(20)11-12(18)3-4-14-15-5-6-17(21)19(15,2)10-8-16(14)18/h12,14-16H,3-11H2,1-2H3/t12-,14-,15-,16-,18-,19-/m0/s1/i11+2. The molecule has 0 aliphatic heterocycles. The first-order valence-electron chi connectivity index (χ1n) is 9.00. The van der Waals surface area contributed by atoms with Gasteiger partial charge in [-0.3, -0.25) is 9.59 Å². The van der Waals surface area contributed by atoms with Gasteiger partial charge in [0.25, 0.3) is 0 Å². The van der Waals surface area contributed by atoms with Crippen molar-refractivity contribution in [3.63, 3.8) is 0 Å². The highest BCUT2D eigenvalue weighted by Crippen LogP contribution is 2.65. The van der Waals surface area contributed by atoms with Gasteiger partial charge in [-0.2, -0.15) is 0 Å². The van der Waals surface area contributed by atoms with Gasteiger partial charge in [0.05, 0.1) is 0 Å². The van der Waals surface area contributed by atoms with Crippen LogP contribution in [0.1, 0.15) is 71.6 Å². The van der Waals surface area contributed by atoms with E-state index in [1.165, 1.54) is 19.3 Å². The zero-order valence-corrected chi connectivity index (χ0v) is 13.5. The zero-order chi connectivity index (χ0) is 14.8. The lowest BCUT2D eigenvalue weighted by Crippen LogP contribution is -2.53. The van der Waals surface area contributed by atoms with Crippen LogP contribution in [-0.4, -0.2) is 11.6 Å². The van der Waals surface area contributed by atoms with E-state index in [0.29, 0.717) is 28.8 Å². The molecule has 2 nitrogen and oxygen atoms in total. The van der Waals surface area contributed by atoms with Gasteiger partial charge in [-0.15, -0.1) is 0 Å². The SMILES string of the molecule is C[C@]12CCC(=O)[14CH2][C@@H]1CC[C@@H]1[C@@H]2CC[C@]2(C)C(=O)CC[C@@H]12. The van der Waals surface area contributed by atoms with E-state index >= 15 is 0 Å². The van der Waals surface area contributed by atoms with Crippen LogP contribution in [0.15, 0.2) is 0 Å². The molecule has 0 bridgehead atoms. The molecule has 0 aromatic carbocycles. The largest absolute Gasteiger partial charge is 0.300 e. The summed E-state index contributed by atoms with van der Waals surface area (Å²) >= 11 is 0. The number of hydrogen-bond donors (Lipinski definition) is 0. The molecule has 0 amide bonds. The Morgan fingerprint density at radius 2 is 1.76 bits per heavy atom. The van der Waals surface area contributed by atoms with E-state index < -0.39 is 0 Å². The van der Waals surface area contributed by atoms with Crippen molar-refractivity contribution < 1.29 is 9.59 Å². The van der Waals surface area contributed by atoms with Crippen molar-refractivity contribution in [2.75, 3.05) is 0 Å². The number of carbonyl (C=O) groups excluding carboxylic acids is 2. The van der Waals surface area contributed by atoms with Gasteiger partial charge in [0.2, 0.25) is 0 Å². The lowest BCUT2D eigenvalue weighted by atomic mass is 9.48. The molecule has 4 aliphatic carbocycles. The van der Waals surface area contributed by atoms with Crippen LogP contribution >= 0.6 is 0 Å². The van der Waals surface area contributed by atoms with Crippen molar-refractivity contribution in [3.8, 4) is 0 Å². The van der Waals surface area contributed by atoms with Gasteiger partial charge in [0.15, 0.2) is 0 Å². The Balaban J connectivity index is 1.65. The number of hydrogen-bond acceptors (Lipinski definition) is 2. The molecule has 2 heteroatoms. The lowest BCUT2D eigenvalue weighted by molar-refractivity contribution is -0.144. The molecule has 0 unspecified atom stereocenters. The van der Waals surface area contributed by atoms with Gasteiger partial charge in [-0.1, -0.05) is 13.8 Å². The third-order valence-corrected chi connectivity index (χ3v) is 8.19. The summed E-state index contributed by atoms with van der Waals surface area (Å²) in [4.78, 5) is 24.2. The summed E-state index contributed by atoms with van der Waals surface area (Å²) < 4.78 is 0. The van der Waals surface area contributed by atoms with Crippen molar-refractivity contribution in [3.05, 3.63) is 0 Å². The van der Waals surface area contributed by atoms with Gasteiger partial charge >= 0.3 is 0 Å². The summed E-state index contributed by atoms with van der Waals surface area (Å²) in [6.07, 6.45) is 9.53. The molecule has 0 aromatic rings. The van der Waals surface area contributed by atoms with Gasteiger partial charge in [0, 0.05) is 24.7 Å². The van der Waals surface area contributed by atoms with Crippen molar-refractivity contribution in [2.45, 2.75) is 71.6 Å². The first-order valence-corrected chi connectivity index (χ1v) is 9.00. The molecule has 4 saturated carbocycles. The average Bonchev–Trinajstić information content (AvgIpc) is 2.76. The summed E-state index contributed by atoms with van der Waals surface area (Å²) in [5, 5.41) is 0. The first kappa shape index (κ1) is 14.0. The second kappa shape index (κ2) is 4.43. The molecule has 4 rings (SSSR count). The second-order valence-electron chi connectivity index (χ2n) is 8.82. The Labute approximate surface area is 128 Å². The highest BCUT2D eigenvalue weighted by atomic mass is 16.1. The zero-order valence-electron chi connectivity index (χ0n) is 13.5. The fourth-order valence-electron chi connectivity index (χ4n) is 6.82. The molecule has 21 heavy (non-hydrogen) atoms. The molecule has 0 aromatic heterocycles. The molecule has 4 aliphatic rings. The molecule has 0 radical (unpaired) electrons. The maximum atomic E-state index is 12.4. The van der Waals surface area contributed by atoms with Gasteiger partial charge < -0.3 is 0 Å². The van der Waals surface area contributed by atoms with Gasteiger partial charge in [-0.05, 0) is 67.6 Å². The Kier molecular flexibility index (Phi) is 2.94. The van der Waals surface area contributed by atoms with Crippen LogP contribution in [0.5, 0.6) is 0 Å². The second-order valence-corrected chi connectivity index (χ2v) is 8.82. The van der Waals surface area contributed by atoms with Crippen LogP contribution in [0.25, 0.3) is 0 Å². The van der Waals surface area contributed by atoms with E-state index in [9.17, 15) is 9.59 Å². The Hall–Kier alpha value is -0.660. The molecular formula is C19H28O2. The maximum absolute atomic E-state index is 12.4. The number of fused-ring (bicyclic) bond motifs is 5. The minimum atomic E-state index is -0.00511. The molecule has 0 N–H and O–H groups in total. The van der Waals surface area contributed by atoms with Crippen LogP contribution in [0.2, 0.25) is 0 Å². The Morgan fingerprint density at radius 1 is 0.952 bits per heavy atom. The number of rotatable bonds is 0. The number of ketones is 2. The maximum Gasteiger partial charge on any atom is 0.139 e. The summed E-state index contributed by atoms with van der Waals surface area (Å²) in [6.45, 7) is 4.72. The predicted octanol–water partition coefficient (Wildman–Crippen LogP) is 4.17. The minimum Gasteiger partial charge on any atom is -0.300 e. The Bertz CT molecular complexity index is 496. The minimum absolute atomic E-state index is 0.00511. The highest BCUT2D eigenvalue weighted by Gasteiger charge is 2.60. The van der Waals surface area contributed by atoms with E-state index in [-0.39, 0.29) is 5.41 Å². The first-order chi connectivity index (χ1) is 9.95. The van der Waals surface area contributed by atoms with E-state index in [2.05, 4.69) is 13.8 Å². The molecule has 0 spiro atoms. The quantitative estimate of drug-likeness (QED) is 0.671. The van der Waals surface area contributed by atoms with E-state index in [4.69, 9.17) is 0 Å². The van der Waals surface area contributed by atoms with Crippen molar-refractivity contribution in [1.82, 2.24) is 0 Å². The number of Topliss-reactive ketones (excluding diaryl/α,β-unsaturated/α-hetero) is 2. The normalized spacial score (nSPS) is 53.0. The third-order valence-electron chi connectivity index (χ3n) is 8.19. The van der Waals surface area contributed by atoms with E-state index in [0.717, 1.165) is 50.4 Å². The van der Waals surface area contributed by atoms with Crippen LogP contribution in [0.3, 0.4) is 0 Å². The van der Waals surface area contributed by atoms with Crippen LogP contribution < -0.4 is 0 Å². The predicted molar refractivity (Wildman–Crippen MR) is 81.7 cm³/mol. The van der Waals surface area contributed by atoms with Crippen molar-refractivity contribution >= 4 is 11.6 Å². The van der Waals surface area contributed by atoms with Crippen molar-refractivity contribution in [1.29, 1.82) is 0 Å². The van der Waals surface area contributed by atoms with Crippen LogP contribution in [-0.2, 0) is 9.59 Å². The van der Waals surface area contributed by atoms with Gasteiger partial charge in [0.1, 0.15) is 11.6 Å². The molecule has 6 atom stereocenters. The molecule has 0 heterocycles. The highest BCUT2D eigenvalue weighted by molar-refractivity contribution is 5.87. The van der Waals surface area contributed by atoms with Crippen LogP contribution in [0.4, 0.5) is 0 Å². The fourth-order valence-corrected chi connectivity index (χ4v) is 6.82. The number of carbonyl (C=O) groups is 2. The van der Waals surface area contributed by atoms with Gasteiger partial charge in [-0.25, -0.2) is 0 Å². The lowest BCUT2D eigenvalue weighted by Gasteiger charge is -2.59. The fraction of sp³-hybridized carbons (Fsp3) is 0.895. The molecule has 0 saturated heterocycles. The van der Waals surface area contributed by atoms with E-state index in [1.54, 1.807) is 0 Å². The molecule has 116 valence electrons. The smallest absolute Gasteiger partial charge is 0.139 e. The third kappa shape index (κ3) is 1.77. The Morgan fingerprint density at radius 3 is 2.57 bits per heavy atom. The average molecular weight is 290 g/mol. The molecular weight excluding hydrogens is 262 g/mol. The topological polar surface area (TPSA) is 34.1 Å². The monoisotopic (exact) mass is 290 g/mol. The van der Waals surface area contributed by atoms with E-state index in [1.807, 2.05) is 0 Å². The van der Waals surface area contributed by atoms with Crippen LogP contribution in [0, 0.1) is 34.5 Å². The van der Waals surface area contributed by atoms with Crippen molar-refractivity contribution in [2.24, 2.45) is 34.5 Å². The molecule has 4 fully saturated rings. The summed E-state index contributed by atoms with van der Waals surface area (Å²) in [6, 6.07) is 0. The summed E-state index contributed by atoms with van der Waals surface area (Å²) in [7, 11) is 0. The summed E-state index contributed by atoms with van der Waals surface area (Å²) in [5.41, 5.74) is 0.374. The summed E-state index contributed by atoms with van der Waals surface area (Å²) in [5.74, 6) is 3.82.